The summed E-state index contributed by atoms with van der Waals surface area (Å²) in [5, 5.41) is 4.46. The van der Waals surface area contributed by atoms with Crippen molar-refractivity contribution in [3.8, 4) is 22.5 Å². The molecule has 0 saturated carbocycles. The first-order valence-corrected chi connectivity index (χ1v) is 10.3. The Balaban J connectivity index is 0.00000216. The van der Waals surface area contributed by atoms with Crippen molar-refractivity contribution in [3.63, 3.8) is 0 Å². The molecule has 0 aliphatic rings. The predicted molar refractivity (Wildman–Crippen MR) is 127 cm³/mol. The molecule has 0 N–H and O–H groups in total. The van der Waals surface area contributed by atoms with E-state index >= 15 is 0 Å². The van der Waals surface area contributed by atoms with Gasteiger partial charge in [0.15, 0.2) is 0 Å². The van der Waals surface area contributed by atoms with Crippen LogP contribution in [0, 0.1) is 13.0 Å². The number of hydrogen-bond acceptors (Lipinski definition) is 3. The van der Waals surface area contributed by atoms with Crippen LogP contribution < -0.4 is 0 Å². The molecule has 0 unspecified atom stereocenters. The minimum absolute atomic E-state index is 0. The number of hydrogen-bond donors (Lipinski definition) is 0. The number of aryl methyl sites for hydroxylation is 1. The van der Waals surface area contributed by atoms with E-state index in [-0.39, 0.29) is 21.1 Å². The summed E-state index contributed by atoms with van der Waals surface area (Å²) in [5.41, 5.74) is 6.86. The molecule has 3 heterocycles. The van der Waals surface area contributed by atoms with Gasteiger partial charge in [-0.1, -0.05) is 72.6 Å². The number of fused-ring (bicyclic) bond motifs is 5. The Hall–Kier alpha value is -3.42. The zero-order valence-electron chi connectivity index (χ0n) is 17.3. The standard InChI is InChI=1S/C28H18N3.Pt/c1-18-7-8-22(24-6-2-3-15-29-24)17-23(18)25-14-13-21-12-10-19-9-11-20-5-4-16-30-27(20)26(19)28(21)31-25;/h2-16H,1H3;/q-1;. The summed E-state index contributed by atoms with van der Waals surface area (Å²) in [6.07, 6.45) is 3.65. The predicted octanol–water partition coefficient (Wildman–Crippen LogP) is 6.77. The zero-order valence-corrected chi connectivity index (χ0v) is 19.6. The number of benzene rings is 3. The quantitative estimate of drug-likeness (QED) is 0.165. The maximum atomic E-state index is 5.13. The van der Waals surface area contributed by atoms with Crippen LogP contribution in [0.4, 0.5) is 0 Å². The van der Waals surface area contributed by atoms with Gasteiger partial charge in [-0.15, -0.1) is 23.8 Å². The molecule has 0 bridgehead atoms. The molecule has 3 aromatic heterocycles. The SMILES string of the molecule is Cc1ccc(-c2ccccn2)[c-]c1-c1ccc2ccc3ccc4cccnc4c3c2n1.[Pt]. The van der Waals surface area contributed by atoms with Gasteiger partial charge in [0.2, 0.25) is 0 Å². The van der Waals surface area contributed by atoms with E-state index in [2.05, 4.69) is 77.6 Å². The summed E-state index contributed by atoms with van der Waals surface area (Å²) in [6.45, 7) is 2.10. The van der Waals surface area contributed by atoms with E-state index in [1.54, 1.807) is 6.20 Å². The molecule has 6 aromatic rings. The Morgan fingerprint density at radius 2 is 1.38 bits per heavy atom. The van der Waals surface area contributed by atoms with Gasteiger partial charge < -0.3 is 0 Å². The van der Waals surface area contributed by atoms with Crippen molar-refractivity contribution in [2.24, 2.45) is 0 Å². The Kier molecular flexibility index (Phi) is 5.28. The van der Waals surface area contributed by atoms with Gasteiger partial charge in [-0.3, -0.25) is 15.0 Å². The fourth-order valence-electron chi connectivity index (χ4n) is 4.18. The van der Waals surface area contributed by atoms with Gasteiger partial charge in [0, 0.05) is 55.6 Å². The van der Waals surface area contributed by atoms with Gasteiger partial charge in [-0.25, -0.2) is 0 Å². The minimum Gasteiger partial charge on any atom is -0.295 e. The molecule has 3 aromatic carbocycles. The van der Waals surface area contributed by atoms with Crippen molar-refractivity contribution in [1.82, 2.24) is 15.0 Å². The summed E-state index contributed by atoms with van der Waals surface area (Å²) >= 11 is 0. The van der Waals surface area contributed by atoms with Gasteiger partial charge in [0.1, 0.15) is 0 Å². The number of nitrogens with zero attached hydrogens (tertiary/aromatic N) is 3. The second kappa shape index (κ2) is 8.26. The van der Waals surface area contributed by atoms with Gasteiger partial charge in [0.05, 0.1) is 11.0 Å². The molecule has 0 spiro atoms. The van der Waals surface area contributed by atoms with Crippen molar-refractivity contribution < 1.29 is 21.1 Å². The third-order valence-corrected chi connectivity index (χ3v) is 5.76. The fraction of sp³-hybridized carbons (Fsp3) is 0.0357. The second-order valence-electron chi connectivity index (χ2n) is 7.72. The summed E-state index contributed by atoms with van der Waals surface area (Å²) in [7, 11) is 0. The van der Waals surface area contributed by atoms with Gasteiger partial charge in [-0.05, 0) is 22.9 Å². The maximum Gasteiger partial charge on any atom is 0.0801 e. The molecule has 4 heteroatoms. The number of pyridine rings is 3. The molecule has 0 fully saturated rings. The third-order valence-electron chi connectivity index (χ3n) is 5.76. The summed E-state index contributed by atoms with van der Waals surface area (Å²) < 4.78 is 0. The maximum absolute atomic E-state index is 5.13. The van der Waals surface area contributed by atoms with Crippen LogP contribution in [0.15, 0.2) is 91.3 Å². The topological polar surface area (TPSA) is 38.7 Å². The van der Waals surface area contributed by atoms with E-state index in [1.165, 1.54) is 0 Å². The monoisotopic (exact) mass is 591 g/mol. The van der Waals surface area contributed by atoms with Crippen molar-refractivity contribution in [3.05, 3.63) is 103 Å². The van der Waals surface area contributed by atoms with Gasteiger partial charge >= 0.3 is 0 Å². The molecule has 32 heavy (non-hydrogen) atoms. The Labute approximate surface area is 200 Å². The molecule has 3 nitrogen and oxygen atoms in total. The van der Waals surface area contributed by atoms with Crippen molar-refractivity contribution in [2.75, 3.05) is 0 Å². The molecule has 0 saturated heterocycles. The van der Waals surface area contributed by atoms with Crippen LogP contribution in [0.2, 0.25) is 0 Å². The van der Waals surface area contributed by atoms with Crippen LogP contribution in [0.1, 0.15) is 5.56 Å². The molecular formula is C28H18N3Pt-. The largest absolute Gasteiger partial charge is 0.295 e. The van der Waals surface area contributed by atoms with Crippen molar-refractivity contribution >= 4 is 32.6 Å². The van der Waals surface area contributed by atoms with Crippen LogP contribution in [0.25, 0.3) is 55.1 Å². The second-order valence-corrected chi connectivity index (χ2v) is 7.72. The molecule has 0 amide bonds. The molecule has 0 radical (unpaired) electrons. The molecule has 0 aliphatic heterocycles. The Morgan fingerprint density at radius 1 is 0.625 bits per heavy atom. The minimum atomic E-state index is 0. The van der Waals surface area contributed by atoms with E-state index in [4.69, 9.17) is 4.98 Å². The van der Waals surface area contributed by atoms with Crippen LogP contribution in [-0.2, 0) is 21.1 Å². The first-order chi connectivity index (χ1) is 15.3. The van der Waals surface area contributed by atoms with Gasteiger partial charge in [0.25, 0.3) is 0 Å². The number of aromatic nitrogens is 3. The molecule has 0 atom stereocenters. The van der Waals surface area contributed by atoms with E-state index in [0.29, 0.717) is 0 Å². The smallest absolute Gasteiger partial charge is 0.0801 e. The average Bonchev–Trinajstić information content (AvgIpc) is 2.84. The molecule has 0 aliphatic carbocycles. The van der Waals surface area contributed by atoms with Crippen molar-refractivity contribution in [2.45, 2.75) is 6.92 Å². The summed E-state index contributed by atoms with van der Waals surface area (Å²) in [5.74, 6) is 0. The third kappa shape index (κ3) is 3.39. The van der Waals surface area contributed by atoms with E-state index in [9.17, 15) is 0 Å². The summed E-state index contributed by atoms with van der Waals surface area (Å²) in [6, 6.07) is 30.5. The molecule has 6 rings (SSSR count). The van der Waals surface area contributed by atoms with E-state index < -0.39 is 0 Å². The van der Waals surface area contributed by atoms with Crippen LogP contribution in [-0.4, -0.2) is 15.0 Å². The number of rotatable bonds is 2. The van der Waals surface area contributed by atoms with Crippen LogP contribution >= 0.6 is 0 Å². The van der Waals surface area contributed by atoms with Gasteiger partial charge in [-0.2, -0.15) is 0 Å². The molecule has 156 valence electrons. The van der Waals surface area contributed by atoms with Crippen molar-refractivity contribution in [1.29, 1.82) is 0 Å². The first kappa shape index (κ1) is 20.5. The first-order valence-electron chi connectivity index (χ1n) is 10.3. The van der Waals surface area contributed by atoms with E-state index in [0.717, 1.165) is 60.7 Å². The average molecular weight is 592 g/mol. The van der Waals surface area contributed by atoms with Crippen LogP contribution in [0.3, 0.4) is 0 Å². The molecular weight excluding hydrogens is 573 g/mol. The van der Waals surface area contributed by atoms with E-state index in [1.807, 2.05) is 30.5 Å². The normalized spacial score (nSPS) is 11.0. The van der Waals surface area contributed by atoms with Crippen LogP contribution in [0.5, 0.6) is 0 Å². The summed E-state index contributed by atoms with van der Waals surface area (Å²) in [4.78, 5) is 14.3. The Morgan fingerprint density at radius 3 is 2.19 bits per heavy atom. The Bertz CT molecular complexity index is 1590. The zero-order chi connectivity index (χ0) is 20.8. The fourth-order valence-corrected chi connectivity index (χ4v) is 4.18.